The minimum absolute atomic E-state index is 0.00736. The van der Waals surface area contributed by atoms with Crippen molar-refractivity contribution in [2.45, 2.75) is 70.0 Å². The molecule has 0 saturated heterocycles. The van der Waals surface area contributed by atoms with Crippen LogP contribution in [0.15, 0.2) is 53.4 Å². The fourth-order valence-electron chi connectivity index (χ4n) is 4.84. The van der Waals surface area contributed by atoms with Crippen LogP contribution < -0.4 is 4.90 Å². The minimum atomic E-state index is -3.87. The van der Waals surface area contributed by atoms with E-state index < -0.39 is 10.0 Å². The van der Waals surface area contributed by atoms with Gasteiger partial charge in [0.1, 0.15) is 0 Å². The largest absolute Gasteiger partial charge is 0.335 e. The van der Waals surface area contributed by atoms with Gasteiger partial charge in [-0.2, -0.15) is 4.31 Å². The smallest absolute Gasteiger partial charge is 0.243 e. The summed E-state index contributed by atoms with van der Waals surface area (Å²) in [5, 5.41) is 0. The first kappa shape index (κ1) is 25.4. The number of amides is 2. The summed E-state index contributed by atoms with van der Waals surface area (Å²) >= 11 is 0. The maximum absolute atomic E-state index is 13.4. The van der Waals surface area contributed by atoms with Crippen molar-refractivity contribution >= 4 is 27.5 Å². The Morgan fingerprint density at radius 3 is 2.37 bits per heavy atom. The number of hydrogen-bond acceptors (Lipinski definition) is 4. The third-order valence-electron chi connectivity index (χ3n) is 7.16. The molecule has 1 aliphatic heterocycles. The highest BCUT2D eigenvalue weighted by molar-refractivity contribution is 7.89. The summed E-state index contributed by atoms with van der Waals surface area (Å²) in [6.45, 7) is 6.03. The number of carbonyl (C=O) groups excluding carboxylic acids is 2. The first-order chi connectivity index (χ1) is 16.6. The summed E-state index contributed by atoms with van der Waals surface area (Å²) in [6, 6.07) is 14.6. The molecule has 1 unspecified atom stereocenters. The second kappa shape index (κ2) is 10.1. The van der Waals surface area contributed by atoms with Crippen LogP contribution in [0.3, 0.4) is 0 Å². The molecule has 35 heavy (non-hydrogen) atoms. The van der Waals surface area contributed by atoms with Crippen molar-refractivity contribution in [2.75, 3.05) is 18.5 Å². The van der Waals surface area contributed by atoms with Gasteiger partial charge in [-0.3, -0.25) is 9.59 Å². The van der Waals surface area contributed by atoms with Crippen LogP contribution >= 0.6 is 0 Å². The van der Waals surface area contributed by atoms with Crippen molar-refractivity contribution in [3.05, 3.63) is 59.7 Å². The lowest BCUT2D eigenvalue weighted by molar-refractivity contribution is -0.133. The van der Waals surface area contributed by atoms with Gasteiger partial charge in [-0.25, -0.2) is 8.42 Å². The number of likely N-dealkylation sites (N-methyl/N-ethyl adjacent to an activating group) is 1. The van der Waals surface area contributed by atoms with Gasteiger partial charge in [0.15, 0.2) is 0 Å². The van der Waals surface area contributed by atoms with Gasteiger partial charge in [0.05, 0.1) is 11.4 Å². The van der Waals surface area contributed by atoms with E-state index in [2.05, 4.69) is 0 Å². The molecule has 8 heteroatoms. The molecule has 0 N–H and O–H groups in total. The predicted molar refractivity (Wildman–Crippen MR) is 136 cm³/mol. The van der Waals surface area contributed by atoms with Gasteiger partial charge in [0.25, 0.3) is 0 Å². The van der Waals surface area contributed by atoms with E-state index in [0.29, 0.717) is 13.0 Å². The molecule has 0 radical (unpaired) electrons. The molecule has 0 spiro atoms. The van der Waals surface area contributed by atoms with Crippen LogP contribution in [0.25, 0.3) is 0 Å². The predicted octanol–water partition coefficient (Wildman–Crippen LogP) is 3.82. The molecule has 0 bridgehead atoms. The van der Waals surface area contributed by atoms with E-state index in [-0.39, 0.29) is 41.3 Å². The molecule has 188 valence electrons. The van der Waals surface area contributed by atoms with Crippen LogP contribution in [-0.4, -0.2) is 55.1 Å². The van der Waals surface area contributed by atoms with Crippen LogP contribution in [-0.2, 0) is 32.6 Å². The highest BCUT2D eigenvalue weighted by atomic mass is 32.2. The minimum Gasteiger partial charge on any atom is -0.335 e. The summed E-state index contributed by atoms with van der Waals surface area (Å²) in [5.41, 5.74) is 2.66. The summed E-state index contributed by atoms with van der Waals surface area (Å²) in [7, 11) is -2.43. The molecular weight excluding hydrogens is 462 g/mol. The summed E-state index contributed by atoms with van der Waals surface area (Å²) < 4.78 is 27.8. The van der Waals surface area contributed by atoms with Crippen LogP contribution in [0, 0.1) is 5.92 Å². The van der Waals surface area contributed by atoms with Gasteiger partial charge in [-0.15, -0.1) is 0 Å². The summed E-state index contributed by atoms with van der Waals surface area (Å²) in [4.78, 5) is 29.7. The second-order valence-corrected chi connectivity index (χ2v) is 12.1. The third-order valence-corrected chi connectivity index (χ3v) is 8.96. The Bertz CT molecular complexity index is 1190. The zero-order valence-electron chi connectivity index (χ0n) is 21.0. The first-order valence-electron chi connectivity index (χ1n) is 12.4. The topological polar surface area (TPSA) is 78.0 Å². The Morgan fingerprint density at radius 2 is 1.77 bits per heavy atom. The Labute approximate surface area is 208 Å². The van der Waals surface area contributed by atoms with Crippen molar-refractivity contribution in [1.82, 2.24) is 9.21 Å². The monoisotopic (exact) mass is 497 g/mol. The SMILES string of the molecule is CC(C)N(Cc1ccccc1)C(=O)CN(C)S(=O)(=O)c1ccc2c(c1)CC(C)N2C(=O)C1CCC1. The number of hydrogen-bond donors (Lipinski definition) is 0. The van der Waals surface area contributed by atoms with Crippen LogP contribution in [0.1, 0.15) is 51.2 Å². The fraction of sp³-hybridized carbons (Fsp3) is 0.481. The lowest BCUT2D eigenvalue weighted by Crippen LogP contribution is -2.43. The standard InChI is InChI=1S/C27H35N3O4S/c1-19(2)29(17-21-9-6-5-7-10-21)26(31)18-28(4)35(33,34)24-13-14-25-23(16-24)15-20(3)30(25)27(32)22-11-8-12-22/h5-7,9-10,13-14,16,19-20,22H,8,11-12,15,17-18H2,1-4H3. The number of nitrogens with zero attached hydrogens (tertiary/aromatic N) is 3. The average Bonchev–Trinajstić information content (AvgIpc) is 3.11. The van der Waals surface area contributed by atoms with E-state index in [0.717, 1.165) is 40.4 Å². The van der Waals surface area contributed by atoms with Crippen LogP contribution in [0.5, 0.6) is 0 Å². The molecule has 1 aliphatic carbocycles. The van der Waals surface area contributed by atoms with E-state index in [1.807, 2.05) is 56.0 Å². The van der Waals surface area contributed by atoms with E-state index in [1.165, 1.54) is 7.05 Å². The highest BCUT2D eigenvalue weighted by Gasteiger charge is 2.38. The average molecular weight is 498 g/mol. The Kier molecular flexibility index (Phi) is 7.33. The zero-order valence-corrected chi connectivity index (χ0v) is 21.8. The molecule has 2 aromatic carbocycles. The van der Waals surface area contributed by atoms with E-state index >= 15 is 0 Å². The van der Waals surface area contributed by atoms with Crippen LogP contribution in [0.4, 0.5) is 5.69 Å². The Hall–Kier alpha value is -2.71. The molecule has 1 atom stereocenters. The number of anilines is 1. The molecule has 7 nitrogen and oxygen atoms in total. The van der Waals surface area contributed by atoms with E-state index in [9.17, 15) is 18.0 Å². The third kappa shape index (κ3) is 5.14. The number of carbonyl (C=O) groups is 2. The highest BCUT2D eigenvalue weighted by Crippen LogP contribution is 2.38. The van der Waals surface area contributed by atoms with Crippen molar-refractivity contribution in [2.24, 2.45) is 5.92 Å². The maximum atomic E-state index is 13.4. The quantitative estimate of drug-likeness (QED) is 0.556. The second-order valence-electron chi connectivity index (χ2n) is 10.0. The normalized spacial score (nSPS) is 18.0. The molecule has 1 fully saturated rings. The molecule has 1 heterocycles. The molecular formula is C27H35N3O4S. The van der Waals surface area contributed by atoms with Crippen molar-refractivity contribution < 1.29 is 18.0 Å². The number of rotatable bonds is 8. The molecule has 2 aliphatic rings. The van der Waals surface area contributed by atoms with Gasteiger partial charge in [-0.05, 0) is 69.4 Å². The van der Waals surface area contributed by atoms with Crippen LogP contribution in [0.2, 0.25) is 0 Å². The molecule has 0 aromatic heterocycles. The van der Waals surface area contributed by atoms with Gasteiger partial charge in [0.2, 0.25) is 21.8 Å². The van der Waals surface area contributed by atoms with Crippen molar-refractivity contribution in [3.63, 3.8) is 0 Å². The zero-order chi connectivity index (χ0) is 25.3. The van der Waals surface area contributed by atoms with E-state index in [4.69, 9.17) is 0 Å². The first-order valence-corrected chi connectivity index (χ1v) is 13.8. The van der Waals surface area contributed by atoms with Gasteiger partial charge in [0, 0.05) is 37.3 Å². The Morgan fingerprint density at radius 1 is 1.09 bits per heavy atom. The molecule has 4 rings (SSSR count). The number of benzene rings is 2. The lowest BCUT2D eigenvalue weighted by atomic mass is 9.84. The number of sulfonamides is 1. The van der Waals surface area contributed by atoms with Crippen molar-refractivity contribution in [3.8, 4) is 0 Å². The lowest BCUT2D eigenvalue weighted by Gasteiger charge is -2.32. The fourth-order valence-corrected chi connectivity index (χ4v) is 6.01. The van der Waals surface area contributed by atoms with E-state index in [1.54, 1.807) is 23.1 Å². The molecule has 2 amide bonds. The molecule has 1 saturated carbocycles. The number of fused-ring (bicyclic) bond motifs is 1. The molecule has 2 aromatic rings. The Balaban J connectivity index is 1.49. The van der Waals surface area contributed by atoms with Crippen molar-refractivity contribution in [1.29, 1.82) is 0 Å². The van der Waals surface area contributed by atoms with Gasteiger partial charge >= 0.3 is 0 Å². The maximum Gasteiger partial charge on any atom is 0.243 e. The van der Waals surface area contributed by atoms with Gasteiger partial charge < -0.3 is 9.80 Å². The summed E-state index contributed by atoms with van der Waals surface area (Å²) in [6.07, 6.45) is 3.58. The summed E-state index contributed by atoms with van der Waals surface area (Å²) in [5.74, 6) is -0.0151. The van der Waals surface area contributed by atoms with Gasteiger partial charge in [-0.1, -0.05) is 36.8 Å².